The maximum atomic E-state index is 12.2. The molecular weight excluding hydrogens is 410 g/mol. The van der Waals surface area contributed by atoms with Crippen LogP contribution in [-0.2, 0) is 14.8 Å². The van der Waals surface area contributed by atoms with Gasteiger partial charge in [0.15, 0.2) is 5.16 Å². The zero-order valence-electron chi connectivity index (χ0n) is 14.7. The Morgan fingerprint density at radius 2 is 2.11 bits per heavy atom. The van der Waals surface area contributed by atoms with Gasteiger partial charge in [-0.1, -0.05) is 29.4 Å². The Bertz CT molecular complexity index is 910. The number of benzene rings is 1. The molecule has 1 aliphatic rings. The van der Waals surface area contributed by atoms with Crippen LogP contribution < -0.4 is 5.32 Å². The Morgan fingerprint density at radius 1 is 1.37 bits per heavy atom. The molecule has 0 saturated carbocycles. The van der Waals surface area contributed by atoms with Crippen LogP contribution in [0.3, 0.4) is 0 Å². The van der Waals surface area contributed by atoms with Gasteiger partial charge in [-0.15, -0.1) is 10.2 Å². The summed E-state index contributed by atoms with van der Waals surface area (Å²) in [5, 5.41) is 12.1. The number of nitrogens with one attached hydrogen (secondary N) is 1. The third-order valence-electron chi connectivity index (χ3n) is 4.22. The molecule has 0 unspecified atom stereocenters. The number of thioether (sulfide) groups is 1. The van der Waals surface area contributed by atoms with Gasteiger partial charge in [-0.3, -0.25) is 9.36 Å². The van der Waals surface area contributed by atoms with Gasteiger partial charge in [0.05, 0.1) is 17.7 Å². The Hall–Kier alpha value is -1.62. The van der Waals surface area contributed by atoms with E-state index in [0.29, 0.717) is 36.1 Å². The number of aromatic nitrogens is 3. The number of hydrogen-bond donors (Lipinski definition) is 1. The molecule has 11 heteroatoms. The molecule has 1 aromatic carbocycles. The van der Waals surface area contributed by atoms with E-state index in [0.717, 1.165) is 5.69 Å². The lowest BCUT2D eigenvalue weighted by atomic mass is 10.1. The highest BCUT2D eigenvalue weighted by Gasteiger charge is 2.25. The average molecular weight is 430 g/mol. The van der Waals surface area contributed by atoms with E-state index in [2.05, 4.69) is 15.5 Å². The van der Waals surface area contributed by atoms with E-state index < -0.39 is 10.0 Å². The molecule has 3 rings (SSSR count). The topological polar surface area (TPSA) is 97.2 Å². The van der Waals surface area contributed by atoms with Gasteiger partial charge in [0.25, 0.3) is 0 Å². The summed E-state index contributed by atoms with van der Waals surface area (Å²) in [7, 11) is -3.16. The van der Waals surface area contributed by atoms with Gasteiger partial charge in [0.2, 0.25) is 15.9 Å². The maximum absolute atomic E-state index is 12.2. The highest BCUT2D eigenvalue weighted by molar-refractivity contribution is 7.99. The summed E-state index contributed by atoms with van der Waals surface area (Å²) in [6.45, 7) is 0.861. The normalized spacial score (nSPS) is 16.4. The Kier molecular flexibility index (Phi) is 6.40. The number of nitrogens with zero attached hydrogens (tertiary/aromatic N) is 4. The van der Waals surface area contributed by atoms with E-state index >= 15 is 0 Å². The predicted octanol–water partition coefficient (Wildman–Crippen LogP) is 1.55. The van der Waals surface area contributed by atoms with Crippen LogP contribution in [0.5, 0.6) is 0 Å². The number of rotatable bonds is 6. The van der Waals surface area contributed by atoms with Gasteiger partial charge in [-0.05, 0) is 31.0 Å². The monoisotopic (exact) mass is 429 g/mol. The molecule has 8 nitrogen and oxygen atoms in total. The van der Waals surface area contributed by atoms with Gasteiger partial charge in [-0.2, -0.15) is 0 Å². The van der Waals surface area contributed by atoms with Crippen LogP contribution >= 0.6 is 23.4 Å². The molecule has 1 saturated heterocycles. The van der Waals surface area contributed by atoms with Crippen LogP contribution in [0.1, 0.15) is 12.8 Å². The number of carbonyl (C=O) groups is 1. The number of halogens is 1. The second-order valence-corrected chi connectivity index (χ2v) is 9.62. The molecule has 1 N–H and O–H groups in total. The zero-order valence-corrected chi connectivity index (χ0v) is 17.1. The van der Waals surface area contributed by atoms with Crippen molar-refractivity contribution < 1.29 is 13.2 Å². The molecule has 2 heterocycles. The first kappa shape index (κ1) is 20.1. The largest absolute Gasteiger partial charge is 0.353 e. The molecule has 0 aliphatic carbocycles. The highest BCUT2D eigenvalue weighted by Crippen LogP contribution is 2.21. The minimum Gasteiger partial charge on any atom is -0.353 e. The number of hydrogen-bond acceptors (Lipinski definition) is 6. The molecule has 146 valence electrons. The Balaban J connectivity index is 1.52. The smallest absolute Gasteiger partial charge is 0.230 e. The predicted molar refractivity (Wildman–Crippen MR) is 105 cm³/mol. The molecular formula is C16H20ClN5O3S2. The number of carbonyl (C=O) groups excluding carboxylic acids is 1. The minimum absolute atomic E-state index is 0.0121. The van der Waals surface area contributed by atoms with E-state index in [1.807, 2.05) is 12.1 Å². The van der Waals surface area contributed by atoms with Crippen molar-refractivity contribution in [1.82, 2.24) is 24.4 Å². The number of amides is 1. The molecule has 1 amide bonds. The van der Waals surface area contributed by atoms with Crippen molar-refractivity contribution in [3.63, 3.8) is 0 Å². The fraction of sp³-hybridized carbons (Fsp3) is 0.438. The maximum Gasteiger partial charge on any atom is 0.230 e. The first-order chi connectivity index (χ1) is 12.8. The molecule has 0 bridgehead atoms. The van der Waals surface area contributed by atoms with E-state index in [-0.39, 0.29) is 17.7 Å². The minimum atomic E-state index is -3.16. The third-order valence-corrected chi connectivity index (χ3v) is 6.70. The standard InChI is InChI=1S/C16H20ClN5O3S2/c1-27(24,25)21-7-5-13(6-8-21)19-15(23)10-26-16-20-18-11-22(16)14-4-2-3-12(17)9-14/h2-4,9,11,13H,5-8,10H2,1H3,(H,19,23). The molecule has 0 atom stereocenters. The van der Waals surface area contributed by atoms with Crippen LogP contribution in [0, 0.1) is 0 Å². The Labute approximate surface area is 167 Å². The Morgan fingerprint density at radius 3 is 2.78 bits per heavy atom. The number of piperidine rings is 1. The molecule has 27 heavy (non-hydrogen) atoms. The third kappa shape index (κ3) is 5.44. The molecule has 1 fully saturated rings. The molecule has 0 spiro atoms. The summed E-state index contributed by atoms with van der Waals surface area (Å²) in [5.74, 6) is 0.0874. The van der Waals surface area contributed by atoms with Crippen molar-refractivity contribution in [3.8, 4) is 5.69 Å². The van der Waals surface area contributed by atoms with Gasteiger partial charge in [0, 0.05) is 24.2 Å². The SMILES string of the molecule is CS(=O)(=O)N1CCC(NC(=O)CSc2nncn2-c2cccc(Cl)c2)CC1. The summed E-state index contributed by atoms with van der Waals surface area (Å²) in [6, 6.07) is 7.29. The van der Waals surface area contributed by atoms with Crippen molar-refractivity contribution in [1.29, 1.82) is 0 Å². The van der Waals surface area contributed by atoms with Crippen molar-refractivity contribution in [3.05, 3.63) is 35.6 Å². The van der Waals surface area contributed by atoms with Crippen LogP contribution in [-0.4, -0.2) is 64.5 Å². The lowest BCUT2D eigenvalue weighted by molar-refractivity contribution is -0.119. The highest BCUT2D eigenvalue weighted by atomic mass is 35.5. The van der Waals surface area contributed by atoms with Crippen molar-refractivity contribution in [2.75, 3.05) is 25.1 Å². The summed E-state index contributed by atoms with van der Waals surface area (Å²) in [5.41, 5.74) is 0.823. The van der Waals surface area contributed by atoms with Crippen LogP contribution in [0.2, 0.25) is 5.02 Å². The van der Waals surface area contributed by atoms with Gasteiger partial charge < -0.3 is 5.32 Å². The molecule has 1 aromatic heterocycles. The second-order valence-electron chi connectivity index (χ2n) is 6.26. The van der Waals surface area contributed by atoms with E-state index in [4.69, 9.17) is 11.6 Å². The average Bonchev–Trinajstić information content (AvgIpc) is 3.08. The molecule has 1 aliphatic heterocycles. The fourth-order valence-corrected chi connectivity index (χ4v) is 4.66. The van der Waals surface area contributed by atoms with E-state index in [1.165, 1.54) is 22.3 Å². The summed E-state index contributed by atoms with van der Waals surface area (Å²) < 4.78 is 26.3. The lowest BCUT2D eigenvalue weighted by Crippen LogP contribution is -2.46. The van der Waals surface area contributed by atoms with Crippen LogP contribution in [0.25, 0.3) is 5.69 Å². The van der Waals surface area contributed by atoms with Gasteiger partial charge >= 0.3 is 0 Å². The quantitative estimate of drug-likeness (QED) is 0.700. The zero-order chi connectivity index (χ0) is 19.4. The molecule has 0 radical (unpaired) electrons. The lowest BCUT2D eigenvalue weighted by Gasteiger charge is -2.30. The van der Waals surface area contributed by atoms with Gasteiger partial charge in [0.1, 0.15) is 6.33 Å². The summed E-state index contributed by atoms with van der Waals surface area (Å²) >= 11 is 7.31. The first-order valence-corrected chi connectivity index (χ1v) is 11.6. The molecule has 2 aromatic rings. The first-order valence-electron chi connectivity index (χ1n) is 8.36. The second kappa shape index (κ2) is 8.59. The van der Waals surface area contributed by atoms with Crippen molar-refractivity contribution >= 4 is 39.3 Å². The number of sulfonamides is 1. The van der Waals surface area contributed by atoms with Crippen LogP contribution in [0.15, 0.2) is 35.7 Å². The fourth-order valence-electron chi connectivity index (χ4n) is 2.86. The summed E-state index contributed by atoms with van der Waals surface area (Å²) in [6.07, 6.45) is 4.01. The van der Waals surface area contributed by atoms with Crippen LogP contribution in [0.4, 0.5) is 0 Å². The van der Waals surface area contributed by atoms with Crippen molar-refractivity contribution in [2.24, 2.45) is 0 Å². The van der Waals surface area contributed by atoms with E-state index in [1.54, 1.807) is 23.0 Å². The van der Waals surface area contributed by atoms with E-state index in [9.17, 15) is 13.2 Å². The van der Waals surface area contributed by atoms with Crippen molar-refractivity contribution in [2.45, 2.75) is 24.0 Å². The summed E-state index contributed by atoms with van der Waals surface area (Å²) in [4.78, 5) is 12.2. The van der Waals surface area contributed by atoms with Gasteiger partial charge in [-0.25, -0.2) is 12.7 Å².